The van der Waals surface area contributed by atoms with E-state index in [2.05, 4.69) is 33.4 Å². The number of aryl methyl sites for hydroxylation is 1. The lowest BCUT2D eigenvalue weighted by Gasteiger charge is -2.32. The molecule has 0 aliphatic carbocycles. The Balaban J connectivity index is 1.31. The van der Waals surface area contributed by atoms with E-state index in [1.807, 2.05) is 25.1 Å². The highest BCUT2D eigenvalue weighted by Gasteiger charge is 2.27. The highest BCUT2D eigenvalue weighted by atomic mass is 32.1. The number of fused-ring (bicyclic) bond motifs is 1. The topological polar surface area (TPSA) is 116 Å². The Labute approximate surface area is 205 Å². The van der Waals surface area contributed by atoms with Crippen LogP contribution in [0.2, 0.25) is 0 Å². The maximum atomic E-state index is 12.8. The Hall–Kier alpha value is -3.98. The average Bonchev–Trinajstić information content (AvgIpc) is 3.29. The van der Waals surface area contributed by atoms with Crippen molar-refractivity contribution in [2.24, 2.45) is 5.92 Å². The smallest absolute Gasteiger partial charge is 0.339 e. The second-order valence-corrected chi connectivity index (χ2v) is 9.61. The zero-order valence-electron chi connectivity index (χ0n) is 19.1. The van der Waals surface area contributed by atoms with Gasteiger partial charge in [-0.15, -0.1) is 11.3 Å². The van der Waals surface area contributed by atoms with E-state index in [0.29, 0.717) is 31.6 Å². The van der Waals surface area contributed by atoms with E-state index in [1.54, 1.807) is 11.3 Å². The van der Waals surface area contributed by atoms with Crippen molar-refractivity contribution >= 4 is 44.9 Å². The van der Waals surface area contributed by atoms with Crippen LogP contribution in [0.3, 0.4) is 0 Å². The molecule has 2 aromatic carbocycles. The highest BCUT2D eigenvalue weighted by molar-refractivity contribution is 7.21. The van der Waals surface area contributed by atoms with Crippen molar-refractivity contribution in [3.05, 3.63) is 66.0 Å². The number of carbonyl (C=O) groups is 2. The van der Waals surface area contributed by atoms with Gasteiger partial charge in [-0.2, -0.15) is 0 Å². The van der Waals surface area contributed by atoms with E-state index < -0.39 is 5.97 Å². The summed E-state index contributed by atoms with van der Waals surface area (Å²) in [4.78, 5) is 37.8. The third kappa shape index (κ3) is 4.67. The summed E-state index contributed by atoms with van der Waals surface area (Å²) in [7, 11) is 0. The van der Waals surface area contributed by atoms with E-state index in [-0.39, 0.29) is 23.1 Å². The summed E-state index contributed by atoms with van der Waals surface area (Å²) in [5.74, 6) is -0.321. The molecule has 0 unspecified atom stereocenters. The number of nitrogens with one attached hydrogen (secondary N) is 1. The number of nitrogens with zero attached hydrogens (tertiary/aromatic N) is 3. The van der Waals surface area contributed by atoms with Crippen LogP contribution in [0.4, 0.5) is 11.5 Å². The second kappa shape index (κ2) is 9.34. The predicted molar refractivity (Wildman–Crippen MR) is 136 cm³/mol. The van der Waals surface area contributed by atoms with Gasteiger partial charge in [0.25, 0.3) is 0 Å². The summed E-state index contributed by atoms with van der Waals surface area (Å²) in [5.41, 5.74) is 1.26. The molecule has 1 fully saturated rings. The number of rotatable bonds is 5. The largest absolute Gasteiger partial charge is 0.507 e. The quantitative estimate of drug-likeness (QED) is 0.341. The van der Waals surface area contributed by atoms with Crippen LogP contribution in [0.5, 0.6) is 5.75 Å². The molecule has 0 radical (unpaired) electrons. The number of carbonyl (C=O) groups excluding carboxylic acids is 1. The maximum Gasteiger partial charge on any atom is 0.339 e. The first-order chi connectivity index (χ1) is 16.9. The molecule has 35 heavy (non-hydrogen) atoms. The molecule has 3 N–H and O–H groups in total. The van der Waals surface area contributed by atoms with Crippen LogP contribution in [0.1, 0.15) is 29.0 Å². The zero-order chi connectivity index (χ0) is 24.5. The number of thiophene rings is 1. The van der Waals surface area contributed by atoms with Crippen LogP contribution in [-0.2, 0) is 4.79 Å². The number of benzene rings is 2. The number of aromatic hydroxyl groups is 1. The van der Waals surface area contributed by atoms with Gasteiger partial charge in [-0.3, -0.25) is 4.79 Å². The van der Waals surface area contributed by atoms with Crippen molar-refractivity contribution in [3.8, 4) is 16.2 Å². The first kappa shape index (κ1) is 22.8. The Bertz CT molecular complexity index is 1410. The molecule has 1 saturated heterocycles. The Morgan fingerprint density at radius 3 is 2.51 bits per heavy atom. The molecule has 0 atom stereocenters. The lowest BCUT2D eigenvalue weighted by Crippen LogP contribution is -2.38. The molecule has 0 spiro atoms. The summed E-state index contributed by atoms with van der Waals surface area (Å²) in [5, 5.41) is 22.7. The van der Waals surface area contributed by atoms with E-state index in [4.69, 9.17) is 4.98 Å². The predicted octanol–water partition coefficient (Wildman–Crippen LogP) is 4.93. The minimum absolute atomic E-state index is 0.155. The summed E-state index contributed by atoms with van der Waals surface area (Å²) < 4.78 is 0. The minimum atomic E-state index is -1.25. The van der Waals surface area contributed by atoms with Gasteiger partial charge in [0.15, 0.2) is 0 Å². The lowest BCUT2D eigenvalue weighted by molar-refractivity contribution is -0.120. The Morgan fingerprint density at radius 1 is 1.06 bits per heavy atom. The number of aromatic nitrogens is 2. The molecule has 3 heterocycles. The Morgan fingerprint density at radius 2 is 1.80 bits per heavy atom. The monoisotopic (exact) mass is 488 g/mol. The molecular formula is C26H24N4O4S. The zero-order valence-corrected chi connectivity index (χ0v) is 19.9. The van der Waals surface area contributed by atoms with Gasteiger partial charge in [-0.1, -0.05) is 30.3 Å². The Kier molecular flexibility index (Phi) is 6.08. The number of carboxylic acids is 1. The van der Waals surface area contributed by atoms with Gasteiger partial charge in [-0.25, -0.2) is 14.8 Å². The minimum Gasteiger partial charge on any atom is -0.507 e. The van der Waals surface area contributed by atoms with Gasteiger partial charge in [0.05, 0.1) is 5.39 Å². The van der Waals surface area contributed by atoms with Crippen LogP contribution in [0.15, 0.2) is 54.6 Å². The number of hydrogen-bond acceptors (Lipinski definition) is 7. The molecule has 8 nitrogen and oxygen atoms in total. The van der Waals surface area contributed by atoms with Crippen LogP contribution < -0.4 is 10.2 Å². The fourth-order valence-corrected chi connectivity index (χ4v) is 5.46. The molecule has 178 valence electrons. The van der Waals surface area contributed by atoms with E-state index >= 15 is 0 Å². The van der Waals surface area contributed by atoms with Crippen LogP contribution in [-0.4, -0.2) is 45.1 Å². The van der Waals surface area contributed by atoms with Crippen molar-refractivity contribution in [3.63, 3.8) is 0 Å². The molecule has 0 saturated carbocycles. The molecule has 2 aromatic heterocycles. The normalized spacial score (nSPS) is 14.3. The van der Waals surface area contributed by atoms with Crippen LogP contribution in [0.25, 0.3) is 20.7 Å². The van der Waals surface area contributed by atoms with E-state index in [9.17, 15) is 19.8 Å². The molecular weight excluding hydrogens is 464 g/mol. The van der Waals surface area contributed by atoms with Gasteiger partial charge >= 0.3 is 5.97 Å². The number of hydrogen-bond donors (Lipinski definition) is 3. The average molecular weight is 489 g/mol. The first-order valence-corrected chi connectivity index (χ1v) is 12.2. The van der Waals surface area contributed by atoms with Gasteiger partial charge in [-0.05, 0) is 49.6 Å². The number of aromatic carboxylic acids is 1. The lowest BCUT2D eigenvalue weighted by atomic mass is 9.95. The molecule has 0 bridgehead atoms. The highest BCUT2D eigenvalue weighted by Crippen LogP contribution is 2.37. The summed E-state index contributed by atoms with van der Waals surface area (Å²) in [6, 6.07) is 16.4. The van der Waals surface area contributed by atoms with Crippen molar-refractivity contribution < 1.29 is 19.8 Å². The van der Waals surface area contributed by atoms with E-state index in [1.165, 1.54) is 18.2 Å². The van der Waals surface area contributed by atoms with Gasteiger partial charge < -0.3 is 20.4 Å². The summed E-state index contributed by atoms with van der Waals surface area (Å²) in [6.07, 6.45) is 1.30. The van der Waals surface area contributed by atoms with E-state index in [0.717, 1.165) is 32.3 Å². The third-order valence-corrected chi connectivity index (χ3v) is 7.28. The number of piperidine rings is 1. The summed E-state index contributed by atoms with van der Waals surface area (Å²) >= 11 is 1.65. The molecule has 9 heteroatoms. The van der Waals surface area contributed by atoms with Gasteiger partial charge in [0.2, 0.25) is 5.91 Å². The second-order valence-electron chi connectivity index (χ2n) is 8.58. The fourth-order valence-electron chi connectivity index (χ4n) is 4.38. The number of carboxylic acid groups (broad SMARTS) is 1. The van der Waals surface area contributed by atoms with Crippen molar-refractivity contribution in [1.29, 1.82) is 0 Å². The third-order valence-electron chi connectivity index (χ3n) is 6.20. The van der Waals surface area contributed by atoms with Gasteiger partial charge in [0, 0.05) is 29.6 Å². The molecule has 1 amide bonds. The molecule has 5 rings (SSSR count). The SMILES string of the molecule is Cc1nc(N2CCC(C(=O)Nc3ccc(O)c(C(=O)O)c3)CC2)c2cc(-c3ccccc3)sc2n1. The number of amides is 1. The van der Waals surface area contributed by atoms with Crippen molar-refractivity contribution in [2.75, 3.05) is 23.3 Å². The summed E-state index contributed by atoms with van der Waals surface area (Å²) in [6.45, 7) is 3.25. The standard InChI is InChI=1S/C26H24N4O4S/c1-15-27-23(20-14-22(35-25(20)28-15)16-5-3-2-4-6-16)30-11-9-17(10-12-30)24(32)29-18-7-8-21(31)19(13-18)26(33)34/h2-8,13-14,17,31H,9-12H2,1H3,(H,29,32)(H,33,34). The molecule has 1 aliphatic rings. The molecule has 1 aliphatic heterocycles. The number of phenols is 1. The van der Waals surface area contributed by atoms with Crippen molar-refractivity contribution in [1.82, 2.24) is 9.97 Å². The fraction of sp³-hybridized carbons (Fsp3) is 0.231. The maximum absolute atomic E-state index is 12.8. The van der Waals surface area contributed by atoms with Crippen LogP contribution >= 0.6 is 11.3 Å². The first-order valence-electron chi connectivity index (χ1n) is 11.3. The number of anilines is 2. The van der Waals surface area contributed by atoms with Crippen molar-refractivity contribution in [2.45, 2.75) is 19.8 Å². The van der Waals surface area contributed by atoms with Gasteiger partial charge in [0.1, 0.15) is 27.8 Å². The van der Waals surface area contributed by atoms with Crippen LogP contribution in [0, 0.1) is 12.8 Å². The molecule has 4 aromatic rings.